The van der Waals surface area contributed by atoms with Crippen molar-refractivity contribution < 1.29 is 23.2 Å². The van der Waals surface area contributed by atoms with Gasteiger partial charge in [0.1, 0.15) is 18.3 Å². The SMILES string of the molecule is C[C@H](NC(=O)CCCC(F)CCF)C(=O)NC1C(=O)NC(Cc2ccccc2)c2ccccc21. The Morgan fingerprint density at radius 3 is 2.41 bits per heavy atom. The summed E-state index contributed by atoms with van der Waals surface area (Å²) in [6, 6.07) is 15.4. The predicted molar refractivity (Wildman–Crippen MR) is 125 cm³/mol. The molecular weight excluding hydrogens is 440 g/mol. The van der Waals surface area contributed by atoms with Crippen LogP contribution in [-0.4, -0.2) is 36.6 Å². The molecule has 0 saturated carbocycles. The van der Waals surface area contributed by atoms with Crippen molar-refractivity contribution in [2.75, 3.05) is 6.67 Å². The van der Waals surface area contributed by atoms with Crippen molar-refractivity contribution in [3.8, 4) is 0 Å². The number of hydrogen-bond acceptors (Lipinski definition) is 3. The van der Waals surface area contributed by atoms with Gasteiger partial charge >= 0.3 is 0 Å². The van der Waals surface area contributed by atoms with Crippen LogP contribution in [0.2, 0.25) is 0 Å². The van der Waals surface area contributed by atoms with E-state index in [-0.39, 0.29) is 37.6 Å². The van der Waals surface area contributed by atoms with Crippen LogP contribution in [0.5, 0.6) is 0 Å². The van der Waals surface area contributed by atoms with E-state index in [4.69, 9.17) is 0 Å². The Kier molecular flexibility index (Phi) is 9.13. The number of hydrogen-bond donors (Lipinski definition) is 3. The molecule has 8 heteroatoms. The molecule has 2 aromatic carbocycles. The number of benzene rings is 2. The fraction of sp³-hybridized carbons (Fsp3) is 0.423. The van der Waals surface area contributed by atoms with Gasteiger partial charge in [0.25, 0.3) is 0 Å². The van der Waals surface area contributed by atoms with E-state index in [9.17, 15) is 23.2 Å². The Morgan fingerprint density at radius 1 is 1.03 bits per heavy atom. The van der Waals surface area contributed by atoms with Gasteiger partial charge < -0.3 is 16.0 Å². The molecule has 0 fully saturated rings. The summed E-state index contributed by atoms with van der Waals surface area (Å²) in [5, 5.41) is 8.32. The zero-order chi connectivity index (χ0) is 24.5. The van der Waals surface area contributed by atoms with Crippen molar-refractivity contribution in [1.29, 1.82) is 0 Å². The monoisotopic (exact) mass is 471 g/mol. The molecule has 4 atom stereocenters. The minimum absolute atomic E-state index is 0.0399. The molecule has 0 spiro atoms. The van der Waals surface area contributed by atoms with Crippen LogP contribution in [0.3, 0.4) is 0 Å². The van der Waals surface area contributed by atoms with Crippen LogP contribution in [0.1, 0.15) is 61.4 Å². The van der Waals surface area contributed by atoms with Gasteiger partial charge in [0, 0.05) is 12.8 Å². The minimum atomic E-state index is -1.27. The maximum atomic E-state index is 13.3. The molecule has 0 aromatic heterocycles. The molecule has 1 aliphatic rings. The molecule has 2 aromatic rings. The average Bonchev–Trinajstić information content (AvgIpc) is 2.82. The van der Waals surface area contributed by atoms with Crippen molar-refractivity contribution in [2.45, 2.75) is 63.3 Å². The topological polar surface area (TPSA) is 87.3 Å². The highest BCUT2D eigenvalue weighted by atomic mass is 19.1. The average molecular weight is 472 g/mol. The number of carbonyl (C=O) groups is 3. The lowest BCUT2D eigenvalue weighted by atomic mass is 9.87. The molecule has 182 valence electrons. The van der Waals surface area contributed by atoms with Gasteiger partial charge in [-0.3, -0.25) is 18.8 Å². The Labute approximate surface area is 198 Å². The Hall–Kier alpha value is -3.29. The highest BCUT2D eigenvalue weighted by molar-refractivity contribution is 5.93. The molecule has 0 radical (unpaired) electrons. The molecule has 0 aliphatic carbocycles. The minimum Gasteiger partial charge on any atom is -0.347 e. The summed E-state index contributed by atoms with van der Waals surface area (Å²) in [6.45, 7) is 0.800. The van der Waals surface area contributed by atoms with Crippen molar-refractivity contribution in [3.63, 3.8) is 0 Å². The molecule has 0 bridgehead atoms. The highest BCUT2D eigenvalue weighted by Crippen LogP contribution is 2.31. The van der Waals surface area contributed by atoms with Crippen molar-refractivity contribution in [1.82, 2.24) is 16.0 Å². The lowest BCUT2D eigenvalue weighted by molar-refractivity contribution is -0.132. The maximum absolute atomic E-state index is 13.3. The first-order valence-electron chi connectivity index (χ1n) is 11.6. The predicted octanol–water partition coefficient (Wildman–Crippen LogP) is 3.63. The summed E-state index contributed by atoms with van der Waals surface area (Å²) < 4.78 is 25.5. The first kappa shape index (κ1) is 25.3. The van der Waals surface area contributed by atoms with Crippen LogP contribution in [0.4, 0.5) is 8.78 Å². The van der Waals surface area contributed by atoms with Gasteiger partial charge in [-0.05, 0) is 42.9 Å². The quantitative estimate of drug-likeness (QED) is 0.468. The number of nitrogens with one attached hydrogen (secondary N) is 3. The number of carbonyl (C=O) groups excluding carboxylic acids is 3. The first-order chi connectivity index (χ1) is 16.4. The second kappa shape index (κ2) is 12.3. The Morgan fingerprint density at radius 2 is 1.71 bits per heavy atom. The molecule has 1 aliphatic heterocycles. The fourth-order valence-corrected chi connectivity index (χ4v) is 4.11. The van der Waals surface area contributed by atoms with Crippen LogP contribution >= 0.6 is 0 Å². The van der Waals surface area contributed by atoms with Crippen LogP contribution in [0.15, 0.2) is 54.6 Å². The van der Waals surface area contributed by atoms with E-state index in [1.807, 2.05) is 54.6 Å². The molecular formula is C26H31F2N3O3. The van der Waals surface area contributed by atoms with E-state index in [2.05, 4.69) is 16.0 Å². The van der Waals surface area contributed by atoms with E-state index < -0.39 is 36.7 Å². The largest absolute Gasteiger partial charge is 0.347 e. The zero-order valence-electron chi connectivity index (χ0n) is 19.2. The third-order valence-electron chi connectivity index (χ3n) is 5.94. The second-order valence-electron chi connectivity index (χ2n) is 8.58. The Balaban J connectivity index is 1.59. The number of fused-ring (bicyclic) bond motifs is 1. The van der Waals surface area contributed by atoms with E-state index in [0.717, 1.165) is 16.7 Å². The van der Waals surface area contributed by atoms with Crippen LogP contribution in [-0.2, 0) is 20.8 Å². The molecule has 6 nitrogen and oxygen atoms in total. The third-order valence-corrected chi connectivity index (χ3v) is 5.94. The van der Waals surface area contributed by atoms with Gasteiger partial charge in [0.2, 0.25) is 17.7 Å². The lowest BCUT2D eigenvalue weighted by Crippen LogP contribution is -2.51. The standard InChI is InChI=1S/C26H31F2N3O3/c1-17(29-23(32)13-7-10-19(28)14-15-27)25(33)31-24-21-12-6-5-11-20(21)22(30-26(24)34)16-18-8-3-2-4-9-18/h2-6,8-9,11-12,17,19,22,24H,7,10,13-16H2,1H3,(H,29,32)(H,30,34)(H,31,33)/t17-,19?,22?,24?/m0/s1. The van der Waals surface area contributed by atoms with E-state index in [1.54, 1.807) is 0 Å². The fourth-order valence-electron chi connectivity index (χ4n) is 4.11. The van der Waals surface area contributed by atoms with E-state index in [1.165, 1.54) is 6.92 Å². The number of alkyl halides is 2. The second-order valence-corrected chi connectivity index (χ2v) is 8.58. The van der Waals surface area contributed by atoms with Gasteiger partial charge in [-0.15, -0.1) is 0 Å². The molecule has 34 heavy (non-hydrogen) atoms. The zero-order valence-corrected chi connectivity index (χ0v) is 19.2. The van der Waals surface area contributed by atoms with Gasteiger partial charge in [-0.2, -0.15) is 0 Å². The van der Waals surface area contributed by atoms with E-state index >= 15 is 0 Å². The molecule has 3 rings (SSSR count). The van der Waals surface area contributed by atoms with Gasteiger partial charge in [-0.25, -0.2) is 4.39 Å². The highest BCUT2D eigenvalue weighted by Gasteiger charge is 2.34. The van der Waals surface area contributed by atoms with Crippen molar-refractivity contribution in [2.24, 2.45) is 0 Å². The number of rotatable bonds is 11. The molecule has 3 amide bonds. The van der Waals surface area contributed by atoms with Crippen LogP contribution in [0, 0.1) is 0 Å². The third kappa shape index (κ3) is 6.85. The summed E-state index contributed by atoms with van der Waals surface area (Å²) in [6.07, 6.45) is -0.407. The van der Waals surface area contributed by atoms with Gasteiger partial charge in [0.05, 0.1) is 12.7 Å². The Bertz CT molecular complexity index is 986. The molecule has 3 unspecified atom stereocenters. The molecule has 0 saturated heterocycles. The summed E-state index contributed by atoms with van der Waals surface area (Å²) in [5.74, 6) is -1.20. The van der Waals surface area contributed by atoms with E-state index in [0.29, 0.717) is 6.42 Å². The van der Waals surface area contributed by atoms with Crippen molar-refractivity contribution in [3.05, 3.63) is 71.3 Å². The normalized spacial score (nSPS) is 18.9. The molecule has 3 N–H and O–H groups in total. The summed E-state index contributed by atoms with van der Waals surface area (Å²) in [4.78, 5) is 37.8. The van der Waals surface area contributed by atoms with Crippen LogP contribution < -0.4 is 16.0 Å². The van der Waals surface area contributed by atoms with Crippen molar-refractivity contribution >= 4 is 17.7 Å². The summed E-state index contributed by atoms with van der Waals surface area (Å²) >= 11 is 0. The summed E-state index contributed by atoms with van der Waals surface area (Å²) in [7, 11) is 0. The first-order valence-corrected chi connectivity index (χ1v) is 11.6. The smallest absolute Gasteiger partial charge is 0.247 e. The number of amides is 3. The molecule has 1 heterocycles. The van der Waals surface area contributed by atoms with Gasteiger partial charge in [-0.1, -0.05) is 54.6 Å². The van der Waals surface area contributed by atoms with Crippen LogP contribution in [0.25, 0.3) is 0 Å². The summed E-state index contributed by atoms with van der Waals surface area (Å²) in [5.41, 5.74) is 2.74. The lowest BCUT2D eigenvalue weighted by Gasteiger charge is -2.33. The van der Waals surface area contributed by atoms with Gasteiger partial charge in [0.15, 0.2) is 0 Å². The maximum Gasteiger partial charge on any atom is 0.247 e. The number of halogens is 2.